The summed E-state index contributed by atoms with van der Waals surface area (Å²) in [6.45, 7) is 1.82. The highest BCUT2D eigenvalue weighted by atomic mass is 32.2. The molecular formula is C5H11NOS. The average molecular weight is 133 g/mol. The van der Waals surface area contributed by atoms with E-state index >= 15 is 0 Å². The zero-order valence-corrected chi connectivity index (χ0v) is 6.29. The molecule has 0 fully saturated rings. The number of rotatable bonds is 1. The van der Waals surface area contributed by atoms with Gasteiger partial charge in [0.15, 0.2) is 0 Å². The first-order valence-corrected chi connectivity index (χ1v) is 4.49. The van der Waals surface area contributed by atoms with Crippen molar-refractivity contribution in [3.8, 4) is 0 Å². The third kappa shape index (κ3) is 3.99. The van der Waals surface area contributed by atoms with Gasteiger partial charge in [-0.1, -0.05) is 17.6 Å². The first kappa shape index (κ1) is 7.82. The number of hydrogen-bond donors (Lipinski definition) is 0. The molecule has 0 saturated carbocycles. The summed E-state index contributed by atoms with van der Waals surface area (Å²) < 4.78 is 3.78. The van der Waals surface area contributed by atoms with Gasteiger partial charge in [0.2, 0.25) is 0 Å². The standard InChI is InChI=1S/C5H11NOS/c1-4-5(7)6-8(2)3/h4H2,1-3H3. The lowest BCUT2D eigenvalue weighted by molar-refractivity contribution is -0.117. The number of carbonyl (C=O) groups is 1. The third-order valence-corrected chi connectivity index (χ3v) is 1.16. The smallest absolute Gasteiger partial charge is 0.251 e. The molecule has 0 aliphatic carbocycles. The Kier molecular flexibility index (Phi) is 3.69. The second-order valence-electron chi connectivity index (χ2n) is 1.61. The van der Waals surface area contributed by atoms with Crippen molar-refractivity contribution in [2.75, 3.05) is 12.5 Å². The molecule has 0 radical (unpaired) electrons. The number of hydrogen-bond acceptors (Lipinski definition) is 1. The summed E-state index contributed by atoms with van der Waals surface area (Å²) in [7, 11) is -0.0701. The van der Waals surface area contributed by atoms with Gasteiger partial charge in [-0.15, -0.1) is 0 Å². The lowest BCUT2D eigenvalue weighted by Crippen LogP contribution is -1.91. The van der Waals surface area contributed by atoms with Crippen LogP contribution in [0.5, 0.6) is 0 Å². The van der Waals surface area contributed by atoms with Crippen molar-refractivity contribution >= 4 is 16.6 Å². The van der Waals surface area contributed by atoms with Crippen molar-refractivity contribution in [2.45, 2.75) is 13.3 Å². The number of amides is 1. The van der Waals surface area contributed by atoms with Gasteiger partial charge < -0.3 is 0 Å². The summed E-state index contributed by atoms with van der Waals surface area (Å²) in [4.78, 5) is 10.5. The number of nitrogens with zero attached hydrogens (tertiary/aromatic N) is 1. The van der Waals surface area contributed by atoms with Crippen molar-refractivity contribution in [3.63, 3.8) is 0 Å². The molecular weight excluding hydrogens is 122 g/mol. The molecule has 2 nitrogen and oxygen atoms in total. The molecule has 0 aromatic heterocycles. The molecule has 0 atom stereocenters. The Labute approximate surface area is 52.4 Å². The second-order valence-corrected chi connectivity index (χ2v) is 3.34. The molecule has 0 rings (SSSR count). The highest BCUT2D eigenvalue weighted by Gasteiger charge is 1.89. The van der Waals surface area contributed by atoms with Gasteiger partial charge in [-0.25, -0.2) is 0 Å². The summed E-state index contributed by atoms with van der Waals surface area (Å²) in [5.41, 5.74) is 0. The van der Waals surface area contributed by atoms with Gasteiger partial charge in [0.25, 0.3) is 5.91 Å². The lowest BCUT2D eigenvalue weighted by Gasteiger charge is -1.86. The maximum Gasteiger partial charge on any atom is 0.251 e. The van der Waals surface area contributed by atoms with Crippen molar-refractivity contribution < 1.29 is 4.79 Å². The highest BCUT2D eigenvalue weighted by Crippen LogP contribution is 1.84. The predicted octanol–water partition coefficient (Wildman–Crippen LogP) is 0.985. The Morgan fingerprint density at radius 1 is 1.62 bits per heavy atom. The summed E-state index contributed by atoms with van der Waals surface area (Å²) >= 11 is 0. The van der Waals surface area contributed by atoms with E-state index < -0.39 is 0 Å². The molecule has 0 spiro atoms. The molecule has 0 heterocycles. The van der Waals surface area contributed by atoms with E-state index in [9.17, 15) is 4.79 Å². The summed E-state index contributed by atoms with van der Waals surface area (Å²) in [6, 6.07) is 0. The van der Waals surface area contributed by atoms with E-state index in [1.54, 1.807) is 0 Å². The Bertz CT molecular complexity index is 116. The topological polar surface area (TPSA) is 29.4 Å². The minimum atomic E-state index is -0.0701. The molecule has 0 aromatic rings. The molecule has 8 heavy (non-hydrogen) atoms. The van der Waals surface area contributed by atoms with Crippen LogP contribution in [0.15, 0.2) is 4.36 Å². The van der Waals surface area contributed by atoms with Crippen molar-refractivity contribution in [3.05, 3.63) is 0 Å². The highest BCUT2D eigenvalue weighted by molar-refractivity contribution is 7.86. The molecule has 0 aromatic carbocycles. The maximum atomic E-state index is 10.5. The van der Waals surface area contributed by atoms with Crippen LogP contribution >= 0.6 is 0 Å². The Hall–Kier alpha value is -0.180. The second kappa shape index (κ2) is 3.78. The minimum absolute atomic E-state index is 0.0123. The lowest BCUT2D eigenvalue weighted by atomic mass is 10.5. The van der Waals surface area contributed by atoms with Crippen LogP contribution in [0.1, 0.15) is 13.3 Å². The van der Waals surface area contributed by atoms with Gasteiger partial charge in [-0.2, -0.15) is 4.36 Å². The molecule has 0 unspecified atom stereocenters. The van der Waals surface area contributed by atoms with Crippen molar-refractivity contribution in [1.29, 1.82) is 0 Å². The van der Waals surface area contributed by atoms with E-state index in [-0.39, 0.29) is 16.6 Å². The van der Waals surface area contributed by atoms with E-state index in [0.29, 0.717) is 6.42 Å². The third-order valence-electron chi connectivity index (χ3n) is 0.587. The van der Waals surface area contributed by atoms with E-state index in [0.717, 1.165) is 0 Å². The zero-order chi connectivity index (χ0) is 6.57. The maximum absolute atomic E-state index is 10.5. The van der Waals surface area contributed by atoms with Gasteiger partial charge in [-0.05, 0) is 12.5 Å². The van der Waals surface area contributed by atoms with Crippen LogP contribution in [-0.2, 0) is 15.5 Å². The van der Waals surface area contributed by atoms with Crippen LogP contribution in [0.3, 0.4) is 0 Å². The van der Waals surface area contributed by atoms with Gasteiger partial charge >= 0.3 is 0 Å². The summed E-state index contributed by atoms with van der Waals surface area (Å²) in [5.74, 6) is 0.0123. The van der Waals surface area contributed by atoms with Crippen molar-refractivity contribution in [1.82, 2.24) is 0 Å². The minimum Gasteiger partial charge on any atom is -0.272 e. The first-order chi connectivity index (χ1) is 3.66. The fraction of sp³-hybridized carbons (Fsp3) is 0.800. The van der Waals surface area contributed by atoms with E-state index in [2.05, 4.69) is 4.36 Å². The first-order valence-electron chi connectivity index (χ1n) is 2.49. The normalized spacial score (nSPS) is 9.50. The van der Waals surface area contributed by atoms with Gasteiger partial charge in [0.1, 0.15) is 0 Å². The fourth-order valence-electron chi connectivity index (χ4n) is 0.268. The van der Waals surface area contributed by atoms with Crippen LogP contribution in [0.25, 0.3) is 0 Å². The van der Waals surface area contributed by atoms with Gasteiger partial charge in [0.05, 0.1) is 0 Å². The van der Waals surface area contributed by atoms with Crippen molar-refractivity contribution in [2.24, 2.45) is 4.36 Å². The zero-order valence-electron chi connectivity index (χ0n) is 5.47. The van der Waals surface area contributed by atoms with E-state index in [4.69, 9.17) is 0 Å². The van der Waals surface area contributed by atoms with E-state index in [1.807, 2.05) is 19.4 Å². The molecule has 0 N–H and O–H groups in total. The summed E-state index contributed by atoms with van der Waals surface area (Å²) in [6.07, 6.45) is 4.38. The monoisotopic (exact) mass is 133 g/mol. The van der Waals surface area contributed by atoms with Crippen LogP contribution in [0.4, 0.5) is 0 Å². The molecule has 48 valence electrons. The summed E-state index contributed by atoms with van der Waals surface area (Å²) in [5, 5.41) is 0. The average Bonchev–Trinajstić information content (AvgIpc) is 1.65. The van der Waals surface area contributed by atoms with E-state index in [1.165, 1.54) is 0 Å². The Morgan fingerprint density at radius 2 is 2.12 bits per heavy atom. The largest absolute Gasteiger partial charge is 0.272 e. The molecule has 0 saturated heterocycles. The van der Waals surface area contributed by atoms with Gasteiger partial charge in [-0.3, -0.25) is 4.79 Å². The number of carbonyl (C=O) groups excluding carboxylic acids is 1. The van der Waals surface area contributed by atoms with Crippen LogP contribution in [0, 0.1) is 0 Å². The van der Waals surface area contributed by atoms with Crippen LogP contribution < -0.4 is 0 Å². The predicted molar refractivity (Wildman–Crippen MR) is 36.9 cm³/mol. The molecule has 0 aliphatic heterocycles. The Balaban J connectivity index is 3.70. The SMILES string of the molecule is CCC(=O)N=S(C)C. The molecule has 3 heteroatoms. The quantitative estimate of drug-likeness (QED) is 0.524. The fourth-order valence-corrected chi connectivity index (χ4v) is 0.805. The molecule has 1 amide bonds. The molecule has 0 aliphatic rings. The van der Waals surface area contributed by atoms with Crippen LogP contribution in [-0.4, -0.2) is 18.4 Å². The van der Waals surface area contributed by atoms with Gasteiger partial charge in [0, 0.05) is 6.42 Å². The Morgan fingerprint density at radius 3 is 2.25 bits per heavy atom. The van der Waals surface area contributed by atoms with Crippen LogP contribution in [0.2, 0.25) is 0 Å². The molecule has 0 bridgehead atoms.